The van der Waals surface area contributed by atoms with Gasteiger partial charge < -0.3 is 16.0 Å². The maximum absolute atomic E-state index is 11.4. The van der Waals surface area contributed by atoms with E-state index in [1.165, 1.54) is 0 Å². The fourth-order valence-corrected chi connectivity index (χ4v) is 3.39. The number of nitrogens with one attached hydrogen (secondary N) is 2. The summed E-state index contributed by atoms with van der Waals surface area (Å²) < 4.78 is 25.3. The summed E-state index contributed by atoms with van der Waals surface area (Å²) in [6.07, 6.45) is 3.08. The molecule has 0 aromatic heterocycles. The summed E-state index contributed by atoms with van der Waals surface area (Å²) in [5.41, 5.74) is 5.30. The lowest BCUT2D eigenvalue weighted by Gasteiger charge is -2.34. The summed E-state index contributed by atoms with van der Waals surface area (Å²) in [5.74, 6) is 0.932. The van der Waals surface area contributed by atoms with Gasteiger partial charge >= 0.3 is 0 Å². The standard InChI is InChI=1S/C15H31N5O3S.HI/c1-3-17-15(18-8-6-9-19-24(22,23)4-2)20-10-5-7-13(12-20)11-14(16)21;/h13,19H,3-12H2,1-2H3,(H2,16,21)(H,17,18);1H. The van der Waals surface area contributed by atoms with E-state index >= 15 is 0 Å². The van der Waals surface area contributed by atoms with Gasteiger partial charge in [0.15, 0.2) is 5.96 Å². The molecule has 1 amide bonds. The fraction of sp³-hybridized carbons (Fsp3) is 0.867. The Morgan fingerprint density at radius 1 is 1.36 bits per heavy atom. The molecule has 0 spiro atoms. The highest BCUT2D eigenvalue weighted by Crippen LogP contribution is 2.19. The average molecular weight is 489 g/mol. The molecule has 0 aromatic rings. The smallest absolute Gasteiger partial charge is 0.217 e. The number of piperidine rings is 1. The monoisotopic (exact) mass is 489 g/mol. The molecule has 0 aliphatic carbocycles. The predicted molar refractivity (Wildman–Crippen MR) is 112 cm³/mol. The molecule has 1 atom stereocenters. The van der Waals surface area contributed by atoms with Crippen LogP contribution in [0, 0.1) is 5.92 Å². The van der Waals surface area contributed by atoms with Crippen LogP contribution < -0.4 is 15.8 Å². The van der Waals surface area contributed by atoms with Crippen LogP contribution in [-0.4, -0.2) is 63.7 Å². The molecule has 8 nitrogen and oxygen atoms in total. The Morgan fingerprint density at radius 3 is 2.68 bits per heavy atom. The van der Waals surface area contributed by atoms with E-state index in [0.717, 1.165) is 38.4 Å². The molecule has 0 radical (unpaired) electrons. The van der Waals surface area contributed by atoms with Crippen LogP contribution in [0.5, 0.6) is 0 Å². The largest absolute Gasteiger partial charge is 0.370 e. The van der Waals surface area contributed by atoms with Crippen molar-refractivity contribution < 1.29 is 13.2 Å². The zero-order valence-corrected chi connectivity index (χ0v) is 18.3. The number of guanidine groups is 1. The van der Waals surface area contributed by atoms with Gasteiger partial charge in [0.2, 0.25) is 15.9 Å². The summed E-state index contributed by atoms with van der Waals surface area (Å²) in [6.45, 7) is 7.01. The minimum absolute atomic E-state index is 0. The molecule has 4 N–H and O–H groups in total. The van der Waals surface area contributed by atoms with Crippen LogP contribution >= 0.6 is 24.0 Å². The minimum Gasteiger partial charge on any atom is -0.370 e. The topological polar surface area (TPSA) is 117 Å². The van der Waals surface area contributed by atoms with E-state index in [4.69, 9.17) is 5.73 Å². The molecule has 1 fully saturated rings. The lowest BCUT2D eigenvalue weighted by molar-refractivity contribution is -0.119. The van der Waals surface area contributed by atoms with E-state index in [1.54, 1.807) is 6.92 Å². The zero-order chi connectivity index (χ0) is 18.0. The quantitative estimate of drug-likeness (QED) is 0.189. The number of nitrogens with two attached hydrogens (primary N) is 1. The summed E-state index contributed by atoms with van der Waals surface area (Å²) in [7, 11) is -3.14. The van der Waals surface area contributed by atoms with Gasteiger partial charge in [0.05, 0.1) is 5.75 Å². The zero-order valence-electron chi connectivity index (χ0n) is 15.2. The lowest BCUT2D eigenvalue weighted by Crippen LogP contribution is -2.47. The molecule has 1 heterocycles. The number of carbonyl (C=O) groups is 1. The van der Waals surface area contributed by atoms with Crippen molar-refractivity contribution in [2.45, 2.75) is 39.5 Å². The van der Waals surface area contributed by atoms with Crippen LogP contribution in [0.25, 0.3) is 0 Å². The molecule has 1 saturated heterocycles. The predicted octanol–water partition coefficient (Wildman–Crippen LogP) is 0.487. The van der Waals surface area contributed by atoms with Crippen molar-refractivity contribution in [3.63, 3.8) is 0 Å². The van der Waals surface area contributed by atoms with Gasteiger partial charge in [0, 0.05) is 39.1 Å². The Labute approximate surface area is 168 Å². The second kappa shape index (κ2) is 12.7. The number of amides is 1. The summed E-state index contributed by atoms with van der Waals surface area (Å²) >= 11 is 0. The van der Waals surface area contributed by atoms with Gasteiger partial charge in [-0.1, -0.05) is 0 Å². The molecule has 1 aliphatic heterocycles. The number of hydrogen-bond donors (Lipinski definition) is 3. The van der Waals surface area contributed by atoms with E-state index in [1.807, 2.05) is 6.92 Å². The van der Waals surface area contributed by atoms with Crippen LogP contribution in [0.15, 0.2) is 4.99 Å². The lowest BCUT2D eigenvalue weighted by atomic mass is 9.95. The molecular weight excluding hydrogens is 457 g/mol. The molecule has 25 heavy (non-hydrogen) atoms. The van der Waals surface area contributed by atoms with Crippen LogP contribution in [0.1, 0.15) is 39.5 Å². The third kappa shape index (κ3) is 10.2. The van der Waals surface area contributed by atoms with Crippen molar-refractivity contribution in [1.82, 2.24) is 14.9 Å². The number of likely N-dealkylation sites (tertiary alicyclic amines) is 1. The Balaban J connectivity index is 0.00000576. The first-order chi connectivity index (χ1) is 11.4. The molecule has 1 aliphatic rings. The highest BCUT2D eigenvalue weighted by atomic mass is 127. The van der Waals surface area contributed by atoms with Crippen molar-refractivity contribution in [3.05, 3.63) is 0 Å². The molecule has 1 unspecified atom stereocenters. The van der Waals surface area contributed by atoms with Gasteiger partial charge in [-0.2, -0.15) is 0 Å². The second-order valence-corrected chi connectivity index (χ2v) is 8.11. The number of primary amides is 1. The molecular formula is C15H32IN5O3S. The molecule has 0 bridgehead atoms. The van der Waals surface area contributed by atoms with Crippen molar-refractivity contribution in [2.75, 3.05) is 38.5 Å². The van der Waals surface area contributed by atoms with Crippen LogP contribution in [0.3, 0.4) is 0 Å². The molecule has 1 rings (SSSR count). The van der Waals surface area contributed by atoms with E-state index in [9.17, 15) is 13.2 Å². The summed E-state index contributed by atoms with van der Waals surface area (Å²) in [4.78, 5) is 17.9. The third-order valence-electron chi connectivity index (χ3n) is 3.94. The van der Waals surface area contributed by atoms with E-state index in [-0.39, 0.29) is 41.6 Å². The highest BCUT2D eigenvalue weighted by molar-refractivity contribution is 14.0. The average Bonchev–Trinajstić information content (AvgIpc) is 2.53. The number of carbonyl (C=O) groups excluding carboxylic acids is 1. The van der Waals surface area contributed by atoms with Crippen molar-refractivity contribution in [2.24, 2.45) is 16.6 Å². The number of hydrogen-bond acceptors (Lipinski definition) is 4. The van der Waals surface area contributed by atoms with E-state index in [0.29, 0.717) is 25.9 Å². The van der Waals surface area contributed by atoms with E-state index in [2.05, 4.69) is 19.9 Å². The Morgan fingerprint density at radius 2 is 2.08 bits per heavy atom. The highest BCUT2D eigenvalue weighted by Gasteiger charge is 2.23. The summed E-state index contributed by atoms with van der Waals surface area (Å²) in [5, 5.41) is 3.27. The van der Waals surface area contributed by atoms with Gasteiger partial charge in [0.1, 0.15) is 0 Å². The third-order valence-corrected chi connectivity index (χ3v) is 5.35. The number of nitrogens with zero attached hydrogens (tertiary/aromatic N) is 2. The molecule has 0 aromatic carbocycles. The number of halogens is 1. The van der Waals surface area contributed by atoms with Gasteiger partial charge in [-0.15, -0.1) is 24.0 Å². The Kier molecular flexibility index (Phi) is 12.4. The number of sulfonamides is 1. The van der Waals surface area contributed by atoms with Gasteiger partial charge in [-0.05, 0) is 39.0 Å². The van der Waals surface area contributed by atoms with E-state index < -0.39 is 10.0 Å². The van der Waals surface area contributed by atoms with Crippen LogP contribution in [-0.2, 0) is 14.8 Å². The van der Waals surface area contributed by atoms with Crippen molar-refractivity contribution in [1.29, 1.82) is 0 Å². The maximum atomic E-state index is 11.4. The Hall–Kier alpha value is -0.620. The minimum atomic E-state index is -3.14. The van der Waals surface area contributed by atoms with Gasteiger partial charge in [-0.25, -0.2) is 13.1 Å². The molecule has 10 heteroatoms. The van der Waals surface area contributed by atoms with Gasteiger partial charge in [-0.3, -0.25) is 9.79 Å². The maximum Gasteiger partial charge on any atom is 0.217 e. The second-order valence-electron chi connectivity index (χ2n) is 6.01. The first kappa shape index (κ1) is 24.4. The molecule has 148 valence electrons. The van der Waals surface area contributed by atoms with Crippen molar-refractivity contribution >= 4 is 45.9 Å². The first-order valence-electron chi connectivity index (χ1n) is 8.66. The SMILES string of the molecule is CCNC(=NCCCNS(=O)(=O)CC)N1CCCC(CC(N)=O)C1.I. The van der Waals surface area contributed by atoms with Crippen molar-refractivity contribution in [3.8, 4) is 0 Å². The fourth-order valence-electron chi connectivity index (χ4n) is 2.73. The normalized spacial score (nSPS) is 18.6. The first-order valence-corrected chi connectivity index (χ1v) is 10.3. The van der Waals surface area contributed by atoms with Crippen LogP contribution in [0.2, 0.25) is 0 Å². The molecule has 0 saturated carbocycles. The van der Waals surface area contributed by atoms with Gasteiger partial charge in [0.25, 0.3) is 0 Å². The number of aliphatic imine (C=N–C) groups is 1. The summed E-state index contributed by atoms with van der Waals surface area (Å²) in [6, 6.07) is 0. The van der Waals surface area contributed by atoms with Crippen LogP contribution in [0.4, 0.5) is 0 Å². The Bertz CT molecular complexity index is 527. The number of rotatable bonds is 9.